The number of hydrogen-bond acceptors (Lipinski definition) is 5. The molecule has 7 nitrogen and oxygen atoms in total. The van der Waals surface area contributed by atoms with Crippen LogP contribution in [0.3, 0.4) is 0 Å². The quantitative estimate of drug-likeness (QED) is 0.640. The standard InChI is InChI=1S/C13H18ClN3O4/c1-3-17-11(13(16)19)7-4-8(14)12(9(5-7)20-2)21-6-10(15)18/h4-5,11,17H,3,6H2,1-2H3,(H2,15,18)(H2,16,19). The molecule has 1 rings (SSSR count). The van der Waals surface area contributed by atoms with Crippen LogP contribution in [0.1, 0.15) is 18.5 Å². The third-order valence-corrected chi connectivity index (χ3v) is 2.92. The van der Waals surface area contributed by atoms with Crippen LogP contribution in [0.15, 0.2) is 12.1 Å². The number of carbonyl (C=O) groups excluding carboxylic acids is 2. The Morgan fingerprint density at radius 1 is 1.38 bits per heavy atom. The van der Waals surface area contributed by atoms with Crippen molar-refractivity contribution in [2.24, 2.45) is 11.5 Å². The highest BCUT2D eigenvalue weighted by Crippen LogP contribution is 2.37. The molecule has 0 bridgehead atoms. The molecule has 0 aromatic heterocycles. The van der Waals surface area contributed by atoms with Crippen molar-refractivity contribution in [3.63, 3.8) is 0 Å². The maximum Gasteiger partial charge on any atom is 0.255 e. The SMILES string of the molecule is CCNC(C(N)=O)c1cc(Cl)c(OCC(N)=O)c(OC)c1. The molecule has 1 aromatic carbocycles. The Morgan fingerprint density at radius 2 is 2.05 bits per heavy atom. The van der Waals surface area contributed by atoms with Gasteiger partial charge in [0.05, 0.1) is 12.1 Å². The number of benzene rings is 1. The molecular weight excluding hydrogens is 298 g/mol. The third-order valence-electron chi connectivity index (χ3n) is 2.64. The van der Waals surface area contributed by atoms with Gasteiger partial charge in [0.15, 0.2) is 18.1 Å². The summed E-state index contributed by atoms with van der Waals surface area (Å²) in [5.41, 5.74) is 10.9. The van der Waals surface area contributed by atoms with Gasteiger partial charge in [-0.2, -0.15) is 0 Å². The van der Waals surface area contributed by atoms with Gasteiger partial charge in [-0.3, -0.25) is 9.59 Å². The summed E-state index contributed by atoms with van der Waals surface area (Å²) in [7, 11) is 1.42. The second-order valence-corrected chi connectivity index (χ2v) is 4.59. The van der Waals surface area contributed by atoms with Gasteiger partial charge in [0, 0.05) is 0 Å². The zero-order valence-electron chi connectivity index (χ0n) is 11.8. The average Bonchev–Trinajstić information content (AvgIpc) is 2.42. The number of nitrogens with one attached hydrogen (secondary N) is 1. The van der Waals surface area contributed by atoms with E-state index in [0.29, 0.717) is 12.1 Å². The van der Waals surface area contributed by atoms with Gasteiger partial charge in [0.2, 0.25) is 5.91 Å². The highest BCUT2D eigenvalue weighted by Gasteiger charge is 2.21. The molecule has 0 aliphatic rings. The molecule has 1 aromatic rings. The summed E-state index contributed by atoms with van der Waals surface area (Å²) in [6.07, 6.45) is 0. The van der Waals surface area contributed by atoms with Crippen LogP contribution in [0.25, 0.3) is 0 Å². The monoisotopic (exact) mass is 315 g/mol. The Labute approximate surface area is 127 Å². The van der Waals surface area contributed by atoms with Crippen molar-refractivity contribution in [2.75, 3.05) is 20.3 Å². The normalized spacial score (nSPS) is 11.8. The first-order chi connectivity index (χ1) is 9.90. The molecule has 1 unspecified atom stereocenters. The predicted molar refractivity (Wildman–Crippen MR) is 78.3 cm³/mol. The number of amides is 2. The van der Waals surface area contributed by atoms with E-state index < -0.39 is 17.9 Å². The first-order valence-electron chi connectivity index (χ1n) is 6.21. The van der Waals surface area contributed by atoms with Gasteiger partial charge in [-0.1, -0.05) is 18.5 Å². The number of halogens is 1. The molecule has 2 amide bonds. The summed E-state index contributed by atoms with van der Waals surface area (Å²) in [6, 6.07) is 2.39. The Kier molecular flexibility index (Phi) is 6.26. The molecule has 0 aliphatic carbocycles. The summed E-state index contributed by atoms with van der Waals surface area (Å²) < 4.78 is 10.4. The van der Waals surface area contributed by atoms with E-state index >= 15 is 0 Å². The number of nitrogens with two attached hydrogens (primary N) is 2. The van der Waals surface area contributed by atoms with Gasteiger partial charge in [-0.15, -0.1) is 0 Å². The topological polar surface area (TPSA) is 117 Å². The fourth-order valence-electron chi connectivity index (χ4n) is 1.78. The summed E-state index contributed by atoms with van der Waals surface area (Å²) in [6.45, 7) is 2.06. The zero-order valence-corrected chi connectivity index (χ0v) is 12.6. The van der Waals surface area contributed by atoms with Crippen LogP contribution in [0.2, 0.25) is 5.02 Å². The third kappa shape index (κ3) is 4.51. The molecule has 5 N–H and O–H groups in total. The van der Waals surface area contributed by atoms with Crippen LogP contribution in [-0.2, 0) is 9.59 Å². The van der Waals surface area contributed by atoms with Gasteiger partial charge in [-0.05, 0) is 24.2 Å². The number of methoxy groups -OCH3 is 1. The Bertz CT molecular complexity index is 536. The van der Waals surface area contributed by atoms with Crippen LogP contribution in [0.4, 0.5) is 0 Å². The van der Waals surface area contributed by atoms with E-state index in [0.717, 1.165) is 0 Å². The van der Waals surface area contributed by atoms with Crippen LogP contribution in [-0.4, -0.2) is 32.1 Å². The van der Waals surface area contributed by atoms with Crippen LogP contribution < -0.4 is 26.3 Å². The molecule has 0 fully saturated rings. The summed E-state index contributed by atoms with van der Waals surface area (Å²) in [4.78, 5) is 22.3. The van der Waals surface area contributed by atoms with Gasteiger partial charge in [0.25, 0.3) is 5.91 Å². The van der Waals surface area contributed by atoms with Gasteiger partial charge < -0.3 is 26.3 Å². The molecule has 0 spiro atoms. The van der Waals surface area contributed by atoms with Crippen molar-refractivity contribution in [3.05, 3.63) is 22.7 Å². The zero-order chi connectivity index (χ0) is 16.0. The second kappa shape index (κ2) is 7.70. The van der Waals surface area contributed by atoms with Crippen molar-refractivity contribution in [3.8, 4) is 11.5 Å². The van der Waals surface area contributed by atoms with Crippen molar-refractivity contribution in [1.29, 1.82) is 0 Å². The molecule has 0 heterocycles. The molecular formula is C13H18ClN3O4. The minimum absolute atomic E-state index is 0.182. The Morgan fingerprint density at radius 3 is 2.52 bits per heavy atom. The molecule has 0 saturated heterocycles. The fraction of sp³-hybridized carbons (Fsp3) is 0.385. The minimum atomic E-state index is -0.702. The lowest BCUT2D eigenvalue weighted by molar-refractivity contribution is -0.120. The fourth-order valence-corrected chi connectivity index (χ4v) is 2.05. The Hall–Kier alpha value is -1.99. The number of rotatable bonds is 8. The van der Waals surface area contributed by atoms with Crippen molar-refractivity contribution >= 4 is 23.4 Å². The molecule has 21 heavy (non-hydrogen) atoms. The second-order valence-electron chi connectivity index (χ2n) is 4.18. The number of likely N-dealkylation sites (N-methyl/N-ethyl adjacent to an activating group) is 1. The molecule has 0 radical (unpaired) electrons. The van der Waals surface area contributed by atoms with Crippen LogP contribution in [0, 0.1) is 0 Å². The molecule has 116 valence electrons. The Balaban J connectivity index is 3.18. The summed E-state index contributed by atoms with van der Waals surface area (Å²) in [5.74, 6) is -0.718. The number of ether oxygens (including phenoxy) is 2. The van der Waals surface area contributed by atoms with Crippen molar-refractivity contribution in [1.82, 2.24) is 5.32 Å². The van der Waals surface area contributed by atoms with E-state index in [1.165, 1.54) is 13.2 Å². The van der Waals surface area contributed by atoms with Gasteiger partial charge in [0.1, 0.15) is 6.04 Å². The van der Waals surface area contributed by atoms with Crippen LogP contribution >= 0.6 is 11.6 Å². The van der Waals surface area contributed by atoms with E-state index in [2.05, 4.69) is 5.32 Å². The summed E-state index contributed by atoms with van der Waals surface area (Å²) in [5, 5.41) is 3.13. The largest absolute Gasteiger partial charge is 0.493 e. The molecule has 1 atom stereocenters. The molecule has 8 heteroatoms. The molecule has 0 saturated carbocycles. The highest BCUT2D eigenvalue weighted by atomic mass is 35.5. The van der Waals surface area contributed by atoms with E-state index in [1.807, 2.05) is 6.92 Å². The van der Waals surface area contributed by atoms with E-state index in [1.54, 1.807) is 6.07 Å². The minimum Gasteiger partial charge on any atom is -0.493 e. The van der Waals surface area contributed by atoms with Crippen molar-refractivity contribution in [2.45, 2.75) is 13.0 Å². The number of primary amides is 2. The molecule has 0 aliphatic heterocycles. The highest BCUT2D eigenvalue weighted by molar-refractivity contribution is 6.32. The van der Waals surface area contributed by atoms with E-state index in [9.17, 15) is 9.59 Å². The first kappa shape index (κ1) is 17.1. The predicted octanol–water partition coefficient (Wildman–Crippen LogP) is 0.349. The maximum absolute atomic E-state index is 11.5. The first-order valence-corrected chi connectivity index (χ1v) is 6.59. The number of carbonyl (C=O) groups is 2. The van der Waals surface area contributed by atoms with E-state index in [-0.39, 0.29) is 23.1 Å². The average molecular weight is 316 g/mol. The summed E-state index contributed by atoms with van der Waals surface area (Å²) >= 11 is 6.11. The van der Waals surface area contributed by atoms with Crippen molar-refractivity contribution < 1.29 is 19.1 Å². The lowest BCUT2D eigenvalue weighted by Gasteiger charge is -2.18. The number of hydrogen-bond donors (Lipinski definition) is 3. The van der Waals surface area contributed by atoms with E-state index in [4.69, 9.17) is 32.5 Å². The maximum atomic E-state index is 11.5. The lowest BCUT2D eigenvalue weighted by atomic mass is 10.1. The van der Waals surface area contributed by atoms with Gasteiger partial charge in [-0.25, -0.2) is 0 Å². The lowest BCUT2D eigenvalue weighted by Crippen LogP contribution is -2.33. The van der Waals surface area contributed by atoms with Gasteiger partial charge >= 0.3 is 0 Å². The smallest absolute Gasteiger partial charge is 0.255 e. The van der Waals surface area contributed by atoms with Crippen LogP contribution in [0.5, 0.6) is 11.5 Å².